The molecule has 9 fully saturated rings. The molecule has 0 radical (unpaired) electrons. The van der Waals surface area contributed by atoms with E-state index in [1.165, 1.54) is 20.8 Å². The van der Waals surface area contributed by atoms with E-state index in [-0.39, 0.29) is 57.6 Å². The van der Waals surface area contributed by atoms with Crippen LogP contribution in [0.25, 0.3) is 0 Å². The third kappa shape index (κ3) is 8.32. The molecule has 6 bridgehead atoms. The number of carbonyl (C=O) groups is 6. The molecule has 70 heavy (non-hydrogen) atoms. The van der Waals surface area contributed by atoms with Gasteiger partial charge in [0.05, 0.1) is 15.7 Å². The maximum absolute atomic E-state index is 12.4. The van der Waals surface area contributed by atoms with Gasteiger partial charge in [0.1, 0.15) is 35.1 Å². The first kappa shape index (κ1) is 53.6. The first-order valence-corrected chi connectivity index (χ1v) is 27.3. The number of hydrogen-bond donors (Lipinski definition) is 0. The van der Waals surface area contributed by atoms with Gasteiger partial charge in [-0.1, -0.05) is 47.4 Å². The van der Waals surface area contributed by atoms with Crippen LogP contribution < -0.4 is 0 Å². The van der Waals surface area contributed by atoms with Crippen molar-refractivity contribution in [1.82, 2.24) is 0 Å². The molecule has 0 aromatic carbocycles. The van der Waals surface area contributed by atoms with Crippen molar-refractivity contribution in [3.8, 4) is 0 Å². The number of ether oxygens (including phenoxy) is 6. The molecule has 24 heteroatoms. The molecule has 3 heterocycles. The van der Waals surface area contributed by atoms with Gasteiger partial charge < -0.3 is 28.4 Å². The summed E-state index contributed by atoms with van der Waals surface area (Å²) in [5, 5.41) is -1.55. The molecule has 6 saturated carbocycles. The summed E-state index contributed by atoms with van der Waals surface area (Å²) in [5.41, 5.74) is -3.53. The number of hydrogen-bond acceptors (Lipinski definition) is 21. The Hall–Kier alpha value is -4.23. The standard InChI is InChI=1S/C17H24O7S.C15H20O7S.C14H18O7S/c1-9(2)14(19)22-8-12(18)23-17(6)15(4)7-11-13(10(15)3)16(17,5)24-25(11,20)21;1-7(2)14(17)20-6-10(16)21-12-8-5-9-11(15(8,3)4)13(12)22-23(9,18)19;1-7(2)13(16)19-6-11(15)20-14(3)8-4-9-10(5-8)22(17,18)21-12(9)14/h10-11,13H,1,7-8H2,2-6H3;8-9,11-13H,1,5-6H2,2-4H3;8-10,12H,1,4-6H2,2-3H3. The maximum atomic E-state index is 12.4. The van der Waals surface area contributed by atoms with E-state index in [0.717, 1.165) is 0 Å². The van der Waals surface area contributed by atoms with Gasteiger partial charge >= 0.3 is 35.8 Å². The summed E-state index contributed by atoms with van der Waals surface area (Å²) in [6.07, 6.45) is 0.0237. The van der Waals surface area contributed by atoms with Crippen LogP contribution in [0.15, 0.2) is 36.5 Å². The highest BCUT2D eigenvalue weighted by Gasteiger charge is 2.84. The minimum absolute atomic E-state index is 0.00976. The third-order valence-corrected chi connectivity index (χ3v) is 22.4. The third-order valence-electron chi connectivity index (χ3n) is 17.1. The van der Waals surface area contributed by atoms with Crippen molar-refractivity contribution in [2.45, 2.75) is 146 Å². The molecule has 3 saturated heterocycles. The first-order chi connectivity index (χ1) is 32.0. The van der Waals surface area contributed by atoms with Crippen LogP contribution in [0.2, 0.25) is 0 Å². The van der Waals surface area contributed by atoms with Crippen LogP contribution in [0.1, 0.15) is 94.9 Å². The molecule has 16 unspecified atom stereocenters. The van der Waals surface area contributed by atoms with Gasteiger partial charge in [0, 0.05) is 51.7 Å². The number of rotatable bonds is 12. The average Bonchev–Trinajstić information content (AvgIpc) is 4.09. The van der Waals surface area contributed by atoms with Crippen molar-refractivity contribution in [2.24, 2.45) is 46.3 Å². The molecule has 16 atom stereocenters. The van der Waals surface area contributed by atoms with E-state index in [9.17, 15) is 54.0 Å². The smallest absolute Gasteiger partial charge is 0.344 e. The zero-order valence-electron chi connectivity index (χ0n) is 40.8. The van der Waals surface area contributed by atoms with E-state index in [2.05, 4.69) is 19.7 Å². The molecule has 0 aromatic rings. The molecule has 390 valence electrons. The predicted molar refractivity (Wildman–Crippen MR) is 241 cm³/mol. The monoisotopic (exact) mass is 1050 g/mol. The Bertz CT molecular complexity index is 2670. The lowest BCUT2D eigenvalue weighted by molar-refractivity contribution is -0.207. The second kappa shape index (κ2) is 17.5. The molecule has 0 N–H and O–H groups in total. The van der Waals surface area contributed by atoms with E-state index >= 15 is 0 Å². The average molecular weight is 1050 g/mol. The first-order valence-electron chi connectivity index (χ1n) is 22.9. The Morgan fingerprint density at radius 3 is 1.64 bits per heavy atom. The van der Waals surface area contributed by atoms with Crippen LogP contribution in [0.3, 0.4) is 0 Å². The molecule has 9 rings (SSSR count). The number of carbonyl (C=O) groups excluding carboxylic acids is 6. The van der Waals surface area contributed by atoms with Crippen LogP contribution in [0.4, 0.5) is 0 Å². The molecular weight excluding hydrogens is 985 g/mol. The lowest BCUT2D eigenvalue weighted by atomic mass is 9.65. The maximum Gasteiger partial charge on any atom is 0.344 e. The van der Waals surface area contributed by atoms with Crippen LogP contribution in [-0.2, 0) is 100 Å². The Balaban J connectivity index is 0.000000155. The fourth-order valence-corrected chi connectivity index (χ4v) is 19.6. The molecule has 0 spiro atoms. The Labute approximate surface area is 408 Å². The minimum Gasteiger partial charge on any atom is -0.457 e. The lowest BCUT2D eigenvalue weighted by Crippen LogP contribution is -2.60. The summed E-state index contributed by atoms with van der Waals surface area (Å²) in [6, 6.07) is 0. The van der Waals surface area contributed by atoms with Crippen molar-refractivity contribution in [3.05, 3.63) is 36.5 Å². The second-order valence-electron chi connectivity index (χ2n) is 21.5. The summed E-state index contributed by atoms with van der Waals surface area (Å²) in [4.78, 5) is 70.1. The zero-order chi connectivity index (χ0) is 52.4. The SMILES string of the molecule is C=C(C)C(=O)OCC(=O)OC1(C)C2(C)CC3C(C2C)C1(C)OS3(=O)=O.C=C(C)C(=O)OCC(=O)OC1(C)C2CC3C1OS(=O)(=O)C3C2.C=C(C)C(=O)OCC(=O)OC1C2OS(=O)(=O)C3CC1C(C)(C)C23. The summed E-state index contributed by atoms with van der Waals surface area (Å²) in [5.74, 6) is -4.83. The topological polar surface area (TPSA) is 288 Å². The predicted octanol–water partition coefficient (Wildman–Crippen LogP) is 2.91. The van der Waals surface area contributed by atoms with Gasteiger partial charge in [0.15, 0.2) is 19.8 Å². The second-order valence-corrected chi connectivity index (χ2v) is 26.8. The Morgan fingerprint density at radius 2 is 1.11 bits per heavy atom. The van der Waals surface area contributed by atoms with Gasteiger partial charge in [-0.05, 0) is 78.6 Å². The van der Waals surface area contributed by atoms with Gasteiger partial charge in [-0.2, -0.15) is 25.3 Å². The van der Waals surface area contributed by atoms with E-state index < -0.39 is 142 Å². The van der Waals surface area contributed by atoms with E-state index in [0.29, 0.717) is 25.7 Å². The quantitative estimate of drug-likeness (QED) is 0.117. The van der Waals surface area contributed by atoms with E-state index in [1.807, 2.05) is 27.7 Å². The van der Waals surface area contributed by atoms with Gasteiger partial charge in [-0.3, -0.25) is 12.5 Å². The van der Waals surface area contributed by atoms with E-state index in [4.69, 9.17) is 41.0 Å². The molecule has 0 amide bonds. The molecule has 6 aliphatic carbocycles. The van der Waals surface area contributed by atoms with Gasteiger partial charge in [0.25, 0.3) is 30.4 Å². The van der Waals surface area contributed by atoms with Crippen LogP contribution in [0, 0.1) is 46.3 Å². The Kier molecular flexibility index (Phi) is 13.4. The summed E-state index contributed by atoms with van der Waals surface area (Å²) in [7, 11) is -10.9. The minimum atomic E-state index is -3.69. The molecular formula is C46H62O21S3. The van der Waals surface area contributed by atoms with Crippen LogP contribution in [-0.4, -0.2) is 132 Å². The number of fused-ring (bicyclic) bond motifs is 3. The van der Waals surface area contributed by atoms with Gasteiger partial charge in [-0.15, -0.1) is 0 Å². The highest BCUT2D eigenvalue weighted by atomic mass is 32.2. The van der Waals surface area contributed by atoms with Crippen molar-refractivity contribution in [3.63, 3.8) is 0 Å². The summed E-state index contributed by atoms with van der Waals surface area (Å²) < 4.78 is 120. The lowest BCUT2D eigenvalue weighted by Gasteiger charge is -2.48. The van der Waals surface area contributed by atoms with Crippen molar-refractivity contribution in [1.29, 1.82) is 0 Å². The highest BCUT2D eigenvalue weighted by molar-refractivity contribution is 7.88. The largest absolute Gasteiger partial charge is 0.457 e. The van der Waals surface area contributed by atoms with Gasteiger partial charge in [0.2, 0.25) is 0 Å². The zero-order valence-corrected chi connectivity index (χ0v) is 43.2. The summed E-state index contributed by atoms with van der Waals surface area (Å²) >= 11 is 0. The van der Waals surface area contributed by atoms with Crippen molar-refractivity contribution >= 4 is 66.2 Å². The highest BCUT2D eigenvalue weighted by Crippen LogP contribution is 2.74. The molecule has 3 aliphatic heterocycles. The van der Waals surface area contributed by atoms with Gasteiger partial charge in [-0.25, -0.2) is 28.8 Å². The fourth-order valence-electron chi connectivity index (χ4n) is 13.4. The van der Waals surface area contributed by atoms with E-state index in [1.54, 1.807) is 20.8 Å². The van der Waals surface area contributed by atoms with Crippen LogP contribution in [0.5, 0.6) is 0 Å². The van der Waals surface area contributed by atoms with Crippen molar-refractivity contribution in [2.75, 3.05) is 19.8 Å². The molecule has 9 aliphatic rings. The molecule has 21 nitrogen and oxygen atoms in total. The fraction of sp³-hybridized carbons (Fsp3) is 0.739. The summed E-state index contributed by atoms with van der Waals surface area (Å²) in [6.45, 7) is 26.1. The van der Waals surface area contributed by atoms with Crippen LogP contribution >= 0.6 is 0 Å². The molecule has 0 aromatic heterocycles. The van der Waals surface area contributed by atoms with Crippen molar-refractivity contribution < 1.29 is 95.0 Å². The normalized spacial score (nSPS) is 41.7. The number of esters is 6. The Morgan fingerprint density at radius 1 is 0.614 bits per heavy atom.